The number of carboxylic acid groups (broad SMARTS) is 1. The van der Waals surface area contributed by atoms with E-state index in [1.54, 1.807) is 26.0 Å². The summed E-state index contributed by atoms with van der Waals surface area (Å²) in [5.41, 5.74) is 0.692. The van der Waals surface area contributed by atoms with E-state index in [9.17, 15) is 19.5 Å². The van der Waals surface area contributed by atoms with Gasteiger partial charge in [0, 0.05) is 17.5 Å². The summed E-state index contributed by atoms with van der Waals surface area (Å²) in [7, 11) is 0. The van der Waals surface area contributed by atoms with Gasteiger partial charge in [-0.1, -0.05) is 20.3 Å². The zero-order valence-electron chi connectivity index (χ0n) is 14.4. The van der Waals surface area contributed by atoms with Crippen molar-refractivity contribution in [3.8, 4) is 5.75 Å². The topological polar surface area (TPSA) is 106 Å². The standard InChI is InChI=1S/C18H21NO6/c1-4-10(2)17(18(22)23)19-15(20)9-24-12-5-6-13-11(3)7-16(21)25-14(13)8-12/h5-8,10,17H,4,9H2,1-3H3,(H,19,20)(H,22,23)/t10-,17+/m1/s1. The number of ether oxygens (including phenoxy) is 1. The Hall–Kier alpha value is -2.83. The van der Waals surface area contributed by atoms with Crippen molar-refractivity contribution in [1.82, 2.24) is 5.32 Å². The van der Waals surface area contributed by atoms with Crippen molar-refractivity contribution < 1.29 is 23.8 Å². The van der Waals surface area contributed by atoms with Gasteiger partial charge in [-0.25, -0.2) is 9.59 Å². The normalized spacial score (nSPS) is 13.2. The molecule has 7 nitrogen and oxygen atoms in total. The van der Waals surface area contributed by atoms with Crippen molar-refractivity contribution in [3.05, 3.63) is 40.2 Å². The Labute approximate surface area is 144 Å². The number of hydrogen-bond donors (Lipinski definition) is 2. The summed E-state index contributed by atoms with van der Waals surface area (Å²) >= 11 is 0. The van der Waals surface area contributed by atoms with Gasteiger partial charge in [-0.05, 0) is 30.5 Å². The molecule has 0 aliphatic carbocycles. The summed E-state index contributed by atoms with van der Waals surface area (Å²) in [5, 5.41) is 12.4. The van der Waals surface area contributed by atoms with E-state index in [-0.39, 0.29) is 12.5 Å². The van der Waals surface area contributed by atoms with Crippen LogP contribution in [-0.2, 0) is 9.59 Å². The van der Waals surface area contributed by atoms with Crippen LogP contribution in [0.1, 0.15) is 25.8 Å². The molecule has 0 aliphatic heterocycles. The second-order valence-electron chi connectivity index (χ2n) is 5.96. The first kappa shape index (κ1) is 18.5. The smallest absolute Gasteiger partial charge is 0.336 e. The lowest BCUT2D eigenvalue weighted by Crippen LogP contribution is -2.46. The van der Waals surface area contributed by atoms with Gasteiger partial charge in [0.15, 0.2) is 6.61 Å². The maximum absolute atomic E-state index is 12.0. The first-order valence-electron chi connectivity index (χ1n) is 8.01. The number of rotatable bonds is 7. The summed E-state index contributed by atoms with van der Waals surface area (Å²) in [5.74, 6) is -1.45. The summed E-state index contributed by atoms with van der Waals surface area (Å²) < 4.78 is 10.5. The van der Waals surface area contributed by atoms with Gasteiger partial charge in [0.05, 0.1) is 0 Å². The van der Waals surface area contributed by atoms with Crippen molar-refractivity contribution in [2.45, 2.75) is 33.2 Å². The van der Waals surface area contributed by atoms with Crippen LogP contribution in [0.4, 0.5) is 0 Å². The molecule has 1 amide bonds. The van der Waals surface area contributed by atoms with Crippen LogP contribution >= 0.6 is 0 Å². The number of carbonyl (C=O) groups excluding carboxylic acids is 1. The summed E-state index contributed by atoms with van der Waals surface area (Å²) in [6, 6.07) is 5.36. The Morgan fingerprint density at radius 2 is 2.04 bits per heavy atom. The molecule has 0 saturated heterocycles. The fourth-order valence-electron chi connectivity index (χ4n) is 2.44. The second-order valence-corrected chi connectivity index (χ2v) is 5.96. The molecule has 0 bridgehead atoms. The fraction of sp³-hybridized carbons (Fsp3) is 0.389. The predicted molar refractivity (Wildman–Crippen MR) is 91.7 cm³/mol. The number of carboxylic acids is 1. The molecule has 0 unspecified atom stereocenters. The molecule has 0 radical (unpaired) electrons. The average molecular weight is 347 g/mol. The Balaban J connectivity index is 2.05. The Bertz CT molecular complexity index is 841. The van der Waals surface area contributed by atoms with Gasteiger partial charge in [-0.3, -0.25) is 4.79 Å². The minimum Gasteiger partial charge on any atom is -0.484 e. The highest BCUT2D eigenvalue weighted by Gasteiger charge is 2.25. The van der Waals surface area contributed by atoms with Crippen LogP contribution < -0.4 is 15.7 Å². The van der Waals surface area contributed by atoms with Crippen LogP contribution in [0.15, 0.2) is 33.5 Å². The van der Waals surface area contributed by atoms with E-state index in [1.165, 1.54) is 12.1 Å². The molecule has 134 valence electrons. The third-order valence-corrected chi connectivity index (χ3v) is 4.09. The molecule has 0 fully saturated rings. The van der Waals surface area contributed by atoms with E-state index >= 15 is 0 Å². The molecular formula is C18H21NO6. The van der Waals surface area contributed by atoms with Crippen LogP contribution in [0, 0.1) is 12.8 Å². The average Bonchev–Trinajstić information content (AvgIpc) is 2.56. The van der Waals surface area contributed by atoms with Gasteiger partial charge in [-0.2, -0.15) is 0 Å². The number of carbonyl (C=O) groups is 2. The molecule has 1 heterocycles. The van der Waals surface area contributed by atoms with Crippen LogP contribution in [0.25, 0.3) is 11.0 Å². The van der Waals surface area contributed by atoms with Crippen LogP contribution in [0.3, 0.4) is 0 Å². The van der Waals surface area contributed by atoms with Crippen molar-refractivity contribution in [2.24, 2.45) is 5.92 Å². The highest BCUT2D eigenvalue weighted by molar-refractivity contribution is 5.85. The summed E-state index contributed by atoms with van der Waals surface area (Å²) in [6.45, 7) is 5.08. The summed E-state index contributed by atoms with van der Waals surface area (Å²) in [4.78, 5) is 34.6. The molecule has 2 atom stereocenters. The molecule has 2 aromatic rings. The predicted octanol–water partition coefficient (Wildman–Crippen LogP) is 2.10. The molecule has 25 heavy (non-hydrogen) atoms. The largest absolute Gasteiger partial charge is 0.484 e. The van der Waals surface area contributed by atoms with E-state index in [2.05, 4.69) is 5.32 Å². The number of fused-ring (bicyclic) bond motifs is 1. The lowest BCUT2D eigenvalue weighted by molar-refractivity contribution is -0.143. The SMILES string of the molecule is CC[C@@H](C)[C@H](NC(=O)COc1ccc2c(C)cc(=O)oc2c1)C(=O)O. The highest BCUT2D eigenvalue weighted by atomic mass is 16.5. The van der Waals surface area contributed by atoms with Crippen LogP contribution in [0.5, 0.6) is 5.75 Å². The highest BCUT2D eigenvalue weighted by Crippen LogP contribution is 2.22. The Morgan fingerprint density at radius 1 is 1.32 bits per heavy atom. The Morgan fingerprint density at radius 3 is 2.68 bits per heavy atom. The van der Waals surface area contributed by atoms with E-state index in [0.29, 0.717) is 17.8 Å². The maximum atomic E-state index is 12.0. The van der Waals surface area contributed by atoms with Gasteiger partial charge in [0.25, 0.3) is 5.91 Å². The lowest BCUT2D eigenvalue weighted by Gasteiger charge is -2.20. The molecular weight excluding hydrogens is 326 g/mol. The number of aliphatic carboxylic acids is 1. The van der Waals surface area contributed by atoms with Crippen molar-refractivity contribution in [3.63, 3.8) is 0 Å². The zero-order chi connectivity index (χ0) is 18.6. The van der Waals surface area contributed by atoms with Crippen LogP contribution in [-0.4, -0.2) is 29.6 Å². The van der Waals surface area contributed by atoms with Crippen molar-refractivity contribution in [1.29, 1.82) is 0 Å². The van der Waals surface area contributed by atoms with E-state index in [4.69, 9.17) is 9.15 Å². The maximum Gasteiger partial charge on any atom is 0.336 e. The van der Waals surface area contributed by atoms with Gasteiger partial charge in [0.1, 0.15) is 17.4 Å². The molecule has 0 aliphatic rings. The fourth-order valence-corrected chi connectivity index (χ4v) is 2.44. The molecule has 2 N–H and O–H groups in total. The number of nitrogens with one attached hydrogen (secondary N) is 1. The minimum atomic E-state index is -1.08. The van der Waals surface area contributed by atoms with Crippen molar-refractivity contribution in [2.75, 3.05) is 6.61 Å². The van der Waals surface area contributed by atoms with E-state index in [1.807, 2.05) is 6.92 Å². The molecule has 7 heteroatoms. The van der Waals surface area contributed by atoms with E-state index in [0.717, 1.165) is 10.9 Å². The van der Waals surface area contributed by atoms with Gasteiger partial charge in [-0.15, -0.1) is 0 Å². The monoisotopic (exact) mass is 347 g/mol. The molecule has 0 saturated carbocycles. The number of aryl methyl sites for hydroxylation is 1. The van der Waals surface area contributed by atoms with E-state index < -0.39 is 23.5 Å². The third kappa shape index (κ3) is 4.59. The summed E-state index contributed by atoms with van der Waals surface area (Å²) in [6.07, 6.45) is 0.626. The second kappa shape index (κ2) is 7.83. The van der Waals surface area contributed by atoms with Gasteiger partial charge < -0.3 is 19.6 Å². The lowest BCUT2D eigenvalue weighted by atomic mass is 9.99. The minimum absolute atomic E-state index is 0.195. The number of benzene rings is 1. The van der Waals surface area contributed by atoms with Crippen LogP contribution in [0.2, 0.25) is 0 Å². The van der Waals surface area contributed by atoms with Crippen molar-refractivity contribution >= 4 is 22.8 Å². The third-order valence-electron chi connectivity index (χ3n) is 4.09. The van der Waals surface area contributed by atoms with Gasteiger partial charge in [0.2, 0.25) is 0 Å². The molecule has 1 aromatic carbocycles. The zero-order valence-corrected chi connectivity index (χ0v) is 14.4. The molecule has 1 aromatic heterocycles. The quantitative estimate of drug-likeness (QED) is 0.743. The first-order valence-corrected chi connectivity index (χ1v) is 8.01. The first-order chi connectivity index (χ1) is 11.8. The molecule has 0 spiro atoms. The van der Waals surface area contributed by atoms with Gasteiger partial charge >= 0.3 is 11.6 Å². The Kier molecular flexibility index (Phi) is 5.80. The molecule has 2 rings (SSSR count). The number of amides is 1. The number of hydrogen-bond acceptors (Lipinski definition) is 5.